The zero-order valence-corrected chi connectivity index (χ0v) is 18.0. The van der Waals surface area contributed by atoms with Gasteiger partial charge in [0.05, 0.1) is 6.54 Å². The van der Waals surface area contributed by atoms with E-state index in [1.165, 1.54) is 0 Å². The van der Waals surface area contributed by atoms with Crippen molar-refractivity contribution in [2.75, 3.05) is 18.4 Å². The Morgan fingerprint density at radius 1 is 1.04 bits per heavy atom. The average Bonchev–Trinajstić information content (AvgIpc) is 2.34. The van der Waals surface area contributed by atoms with Crippen molar-refractivity contribution in [2.24, 2.45) is 5.92 Å². The molecule has 0 amide bonds. The van der Waals surface area contributed by atoms with E-state index in [1.54, 1.807) is 0 Å². The van der Waals surface area contributed by atoms with Crippen LogP contribution in [0.25, 0.3) is 0 Å². The number of ether oxygens (including phenoxy) is 2. The number of rotatable bonds is 8. The largest absolute Gasteiger partial charge is 0.459 e. The minimum Gasteiger partial charge on any atom is -0.459 e. The molecule has 0 spiro atoms. The zero-order valence-electron chi connectivity index (χ0n) is 16.4. The van der Waals surface area contributed by atoms with Gasteiger partial charge in [-0.15, -0.1) is 0 Å². The summed E-state index contributed by atoms with van der Waals surface area (Å²) < 4.78 is 11.0. The highest BCUT2D eigenvalue weighted by Crippen LogP contribution is 2.20. The van der Waals surface area contributed by atoms with E-state index in [-0.39, 0.29) is 24.4 Å². The summed E-state index contributed by atoms with van der Waals surface area (Å²) in [7, 11) is 0. The molecule has 0 heterocycles. The molecule has 2 atom stereocenters. The van der Waals surface area contributed by atoms with E-state index in [1.807, 2.05) is 60.3 Å². The average molecular weight is 408 g/mol. The molecule has 0 aromatic heterocycles. The van der Waals surface area contributed by atoms with E-state index in [2.05, 4.69) is 15.9 Å². The topological polar surface area (TPSA) is 55.8 Å². The van der Waals surface area contributed by atoms with Crippen LogP contribution in [0.3, 0.4) is 0 Å². The molecule has 0 aromatic rings. The van der Waals surface area contributed by atoms with Gasteiger partial charge in [-0.3, -0.25) is 14.5 Å². The summed E-state index contributed by atoms with van der Waals surface area (Å²) in [6, 6.07) is -0.473. The van der Waals surface area contributed by atoms with E-state index >= 15 is 0 Å². The van der Waals surface area contributed by atoms with Crippen molar-refractivity contribution in [3.8, 4) is 0 Å². The highest BCUT2D eigenvalue weighted by molar-refractivity contribution is 9.09. The van der Waals surface area contributed by atoms with Crippen LogP contribution in [-0.4, -0.2) is 52.5 Å². The van der Waals surface area contributed by atoms with Crippen molar-refractivity contribution in [2.45, 2.75) is 79.1 Å². The molecule has 0 radical (unpaired) electrons. The number of carbonyl (C=O) groups excluding carboxylic acids is 2. The Morgan fingerprint density at radius 3 is 1.92 bits per heavy atom. The van der Waals surface area contributed by atoms with Gasteiger partial charge < -0.3 is 9.47 Å². The summed E-state index contributed by atoms with van der Waals surface area (Å²) in [4.78, 5) is 26.8. The van der Waals surface area contributed by atoms with Crippen LogP contribution in [0.4, 0.5) is 0 Å². The van der Waals surface area contributed by atoms with Crippen LogP contribution in [-0.2, 0) is 19.1 Å². The summed E-state index contributed by atoms with van der Waals surface area (Å²) in [6.07, 6.45) is 0.816. The predicted molar refractivity (Wildman–Crippen MR) is 100 cm³/mol. The first-order valence-corrected chi connectivity index (χ1v) is 9.67. The molecule has 5 nitrogen and oxygen atoms in total. The monoisotopic (exact) mass is 407 g/mol. The summed E-state index contributed by atoms with van der Waals surface area (Å²) in [5, 5.41) is 0.658. The van der Waals surface area contributed by atoms with Crippen LogP contribution in [0.15, 0.2) is 0 Å². The second kappa shape index (κ2) is 9.76. The molecule has 0 saturated carbocycles. The second-order valence-corrected chi connectivity index (χ2v) is 8.90. The van der Waals surface area contributed by atoms with Gasteiger partial charge in [-0.2, -0.15) is 0 Å². The summed E-state index contributed by atoms with van der Waals surface area (Å²) in [6.45, 7) is 15.7. The maximum absolute atomic E-state index is 12.7. The fourth-order valence-electron chi connectivity index (χ4n) is 2.29. The Kier molecular flexibility index (Phi) is 9.51. The first kappa shape index (κ1) is 23.4. The van der Waals surface area contributed by atoms with Gasteiger partial charge in [0, 0.05) is 11.9 Å². The third-order valence-electron chi connectivity index (χ3n) is 3.35. The maximum Gasteiger partial charge on any atom is 0.324 e. The Bertz CT molecular complexity index is 412. The Labute approximate surface area is 155 Å². The van der Waals surface area contributed by atoms with Crippen LogP contribution in [0.5, 0.6) is 0 Å². The van der Waals surface area contributed by atoms with Gasteiger partial charge >= 0.3 is 11.9 Å². The van der Waals surface area contributed by atoms with Gasteiger partial charge in [0.2, 0.25) is 0 Å². The second-order valence-electron chi connectivity index (χ2n) is 8.11. The molecule has 0 aliphatic rings. The molecule has 0 unspecified atom stereocenters. The molecule has 6 heteroatoms. The van der Waals surface area contributed by atoms with Gasteiger partial charge in [0.15, 0.2) is 0 Å². The van der Waals surface area contributed by atoms with Crippen molar-refractivity contribution in [3.63, 3.8) is 0 Å². The summed E-state index contributed by atoms with van der Waals surface area (Å²) >= 11 is 3.41. The Balaban J connectivity index is 5.32. The fourth-order valence-corrected chi connectivity index (χ4v) is 2.75. The number of nitrogens with zero attached hydrogens (tertiary/aromatic N) is 1. The lowest BCUT2D eigenvalue weighted by Gasteiger charge is -2.35. The van der Waals surface area contributed by atoms with Gasteiger partial charge in [0.25, 0.3) is 0 Å². The quantitative estimate of drug-likeness (QED) is 0.452. The highest BCUT2D eigenvalue weighted by atomic mass is 79.9. The summed E-state index contributed by atoms with van der Waals surface area (Å²) in [5.41, 5.74) is -1.11. The van der Waals surface area contributed by atoms with Crippen LogP contribution >= 0.6 is 15.9 Å². The Hall–Kier alpha value is -0.620. The predicted octanol–water partition coefficient (Wildman–Crippen LogP) is 3.78. The SMILES string of the molecule is CC[C@H](C)[C@@H](C(=O)OC(C)(C)C)N(CCBr)CC(=O)OC(C)(C)C. The number of hydrogen-bond donors (Lipinski definition) is 0. The normalized spacial score (nSPS) is 15.1. The molecule has 0 aliphatic carbocycles. The van der Waals surface area contributed by atoms with Crippen LogP contribution in [0, 0.1) is 5.92 Å². The molecule has 0 aromatic carbocycles. The molecule has 0 rings (SSSR count). The first-order valence-electron chi connectivity index (χ1n) is 8.55. The van der Waals surface area contributed by atoms with E-state index < -0.39 is 17.2 Å². The number of alkyl halides is 1. The van der Waals surface area contributed by atoms with E-state index in [9.17, 15) is 9.59 Å². The first-order chi connectivity index (χ1) is 10.8. The number of hydrogen-bond acceptors (Lipinski definition) is 5. The van der Waals surface area contributed by atoms with Crippen LogP contribution in [0.2, 0.25) is 0 Å². The lowest BCUT2D eigenvalue weighted by atomic mass is 9.97. The number of esters is 2. The minimum absolute atomic E-state index is 0.0666. The molecule has 24 heavy (non-hydrogen) atoms. The number of carbonyl (C=O) groups is 2. The molecule has 0 fully saturated rings. The zero-order chi connectivity index (χ0) is 19.1. The molecular weight excluding hydrogens is 374 g/mol. The van der Waals surface area contributed by atoms with E-state index in [0.29, 0.717) is 11.9 Å². The minimum atomic E-state index is -0.561. The van der Waals surface area contributed by atoms with Gasteiger partial charge in [-0.25, -0.2) is 0 Å². The van der Waals surface area contributed by atoms with E-state index in [0.717, 1.165) is 6.42 Å². The molecule has 142 valence electrons. The number of halogens is 1. The third kappa shape index (κ3) is 9.62. The van der Waals surface area contributed by atoms with Crippen LogP contribution in [0.1, 0.15) is 61.8 Å². The van der Waals surface area contributed by atoms with Gasteiger partial charge in [-0.05, 0) is 47.5 Å². The Morgan fingerprint density at radius 2 is 1.54 bits per heavy atom. The molecule has 0 saturated heterocycles. The lowest BCUT2D eigenvalue weighted by Crippen LogP contribution is -2.51. The van der Waals surface area contributed by atoms with Crippen molar-refractivity contribution in [1.29, 1.82) is 0 Å². The summed E-state index contributed by atoms with van der Waals surface area (Å²) in [5.74, 6) is -0.553. The standard InChI is InChI=1S/C18H34BrNO4/c1-9-13(2)15(16(22)24-18(6,7)8)20(11-10-19)12-14(21)23-17(3,4)5/h13,15H,9-12H2,1-8H3/t13-,15-/m0/s1. The van der Waals surface area contributed by atoms with Crippen molar-refractivity contribution >= 4 is 27.9 Å². The molecule has 0 N–H and O–H groups in total. The third-order valence-corrected chi connectivity index (χ3v) is 3.70. The highest BCUT2D eigenvalue weighted by Gasteiger charge is 2.35. The molecule has 0 aliphatic heterocycles. The lowest BCUT2D eigenvalue weighted by molar-refractivity contribution is -0.166. The van der Waals surface area contributed by atoms with E-state index in [4.69, 9.17) is 9.47 Å². The van der Waals surface area contributed by atoms with Gasteiger partial charge in [-0.1, -0.05) is 36.2 Å². The van der Waals surface area contributed by atoms with Crippen LogP contribution < -0.4 is 0 Å². The van der Waals surface area contributed by atoms with Crippen molar-refractivity contribution in [3.05, 3.63) is 0 Å². The maximum atomic E-state index is 12.7. The van der Waals surface area contributed by atoms with Crippen molar-refractivity contribution in [1.82, 2.24) is 4.90 Å². The smallest absolute Gasteiger partial charge is 0.324 e. The van der Waals surface area contributed by atoms with Crippen molar-refractivity contribution < 1.29 is 19.1 Å². The molecule has 0 bridgehead atoms. The van der Waals surface area contributed by atoms with Gasteiger partial charge in [0.1, 0.15) is 17.2 Å². The fraction of sp³-hybridized carbons (Fsp3) is 0.889. The molecular formula is C18H34BrNO4.